The number of nitrogens with one attached hydrogen (secondary N) is 1. The van der Waals surface area contributed by atoms with E-state index in [0.29, 0.717) is 36.1 Å². The third-order valence-electron chi connectivity index (χ3n) is 6.71. The van der Waals surface area contributed by atoms with Crippen molar-refractivity contribution in [2.75, 3.05) is 18.5 Å². The third-order valence-corrected chi connectivity index (χ3v) is 6.71. The summed E-state index contributed by atoms with van der Waals surface area (Å²) in [6.45, 7) is 6.18. The third kappa shape index (κ3) is 5.51. The number of esters is 1. The molecule has 0 bridgehead atoms. The van der Waals surface area contributed by atoms with E-state index in [2.05, 4.69) is 19.2 Å². The number of anilines is 1. The molecule has 7 heteroatoms. The Hall–Kier alpha value is -2.70. The predicted octanol–water partition coefficient (Wildman–Crippen LogP) is 3.43. The monoisotopic (exact) mass is 428 g/mol. The second kappa shape index (κ2) is 10.1. The van der Waals surface area contributed by atoms with E-state index in [1.54, 1.807) is 31.2 Å². The first-order valence-electron chi connectivity index (χ1n) is 11.2. The Bertz CT molecular complexity index is 835. The first kappa shape index (κ1) is 23.0. The van der Waals surface area contributed by atoms with Crippen molar-refractivity contribution in [1.29, 1.82) is 0 Å². The molecule has 31 heavy (non-hydrogen) atoms. The molecule has 2 fully saturated rings. The lowest BCUT2D eigenvalue weighted by Gasteiger charge is -2.39. The van der Waals surface area contributed by atoms with Crippen molar-refractivity contribution in [3.8, 4) is 0 Å². The van der Waals surface area contributed by atoms with Gasteiger partial charge in [0.1, 0.15) is 0 Å². The molecule has 2 aliphatic rings. The lowest BCUT2D eigenvalue weighted by atomic mass is 9.77. The Morgan fingerprint density at radius 2 is 1.84 bits per heavy atom. The smallest absolute Gasteiger partial charge is 0.311 e. The number of ketones is 1. The predicted molar refractivity (Wildman–Crippen MR) is 116 cm³/mol. The second-order valence-corrected chi connectivity index (χ2v) is 8.79. The van der Waals surface area contributed by atoms with Gasteiger partial charge in [-0.25, -0.2) is 0 Å². The number of amides is 2. The fourth-order valence-corrected chi connectivity index (χ4v) is 4.53. The summed E-state index contributed by atoms with van der Waals surface area (Å²) >= 11 is 0. The van der Waals surface area contributed by atoms with Crippen LogP contribution in [0.4, 0.5) is 5.69 Å². The van der Waals surface area contributed by atoms with E-state index in [-0.39, 0.29) is 36.7 Å². The van der Waals surface area contributed by atoms with Crippen LogP contribution in [0.5, 0.6) is 0 Å². The van der Waals surface area contributed by atoms with Crippen molar-refractivity contribution in [2.45, 2.75) is 58.9 Å². The van der Waals surface area contributed by atoms with E-state index in [0.717, 1.165) is 12.8 Å². The van der Waals surface area contributed by atoms with Gasteiger partial charge in [-0.05, 0) is 42.5 Å². The minimum atomic E-state index is -0.517. The number of benzene rings is 1. The molecule has 0 aromatic heterocycles. The Balaban J connectivity index is 1.51. The maximum atomic E-state index is 12.6. The summed E-state index contributed by atoms with van der Waals surface area (Å²) in [5.41, 5.74) is 1.01. The fraction of sp³-hybridized carbons (Fsp3) is 0.583. The lowest BCUT2D eigenvalue weighted by molar-refractivity contribution is -0.147. The van der Waals surface area contributed by atoms with Gasteiger partial charge in [-0.2, -0.15) is 0 Å². The summed E-state index contributed by atoms with van der Waals surface area (Å²) in [6.07, 6.45) is 3.78. The van der Waals surface area contributed by atoms with Crippen molar-refractivity contribution in [3.63, 3.8) is 0 Å². The molecule has 168 valence electrons. The molecular weight excluding hydrogens is 396 g/mol. The number of likely N-dealkylation sites (tertiary alicyclic amines) is 1. The van der Waals surface area contributed by atoms with Crippen LogP contribution in [0.3, 0.4) is 0 Å². The highest BCUT2D eigenvalue weighted by Gasteiger charge is 2.42. The molecule has 7 nitrogen and oxygen atoms in total. The first-order chi connectivity index (χ1) is 14.8. The average Bonchev–Trinajstić information content (AvgIpc) is 3.15. The summed E-state index contributed by atoms with van der Waals surface area (Å²) in [5.74, 6) is -0.452. The van der Waals surface area contributed by atoms with Gasteiger partial charge >= 0.3 is 5.97 Å². The number of ether oxygens (including phenoxy) is 1. The van der Waals surface area contributed by atoms with E-state index >= 15 is 0 Å². The number of rotatable bonds is 7. The quantitative estimate of drug-likeness (QED) is 0.531. The van der Waals surface area contributed by atoms with Crippen LogP contribution in [0.15, 0.2) is 24.3 Å². The SMILES string of the molecule is CCC(=O)Nc1ccc(C(=O)COC(=O)[C@@H]2CC(=O)N([C@@H]3CCC[C@H](C)[C@@H]3C)C2)cc1. The van der Waals surface area contributed by atoms with Crippen molar-refractivity contribution >= 4 is 29.3 Å². The van der Waals surface area contributed by atoms with Crippen molar-refractivity contribution < 1.29 is 23.9 Å². The van der Waals surface area contributed by atoms with Gasteiger partial charge in [0.2, 0.25) is 11.8 Å². The summed E-state index contributed by atoms with van der Waals surface area (Å²) in [5, 5.41) is 2.71. The van der Waals surface area contributed by atoms with Crippen LogP contribution < -0.4 is 5.32 Å². The Kier molecular flexibility index (Phi) is 7.46. The van der Waals surface area contributed by atoms with Gasteiger partial charge in [-0.3, -0.25) is 19.2 Å². The van der Waals surface area contributed by atoms with Gasteiger partial charge in [0.05, 0.1) is 5.92 Å². The lowest BCUT2D eigenvalue weighted by Crippen LogP contribution is -2.45. The number of carbonyl (C=O) groups excluding carboxylic acids is 4. The zero-order valence-electron chi connectivity index (χ0n) is 18.6. The van der Waals surface area contributed by atoms with Crippen LogP contribution in [0, 0.1) is 17.8 Å². The number of nitrogens with zero attached hydrogens (tertiary/aromatic N) is 1. The highest BCUT2D eigenvalue weighted by molar-refractivity contribution is 5.99. The van der Waals surface area contributed by atoms with Crippen LogP contribution in [-0.2, 0) is 19.1 Å². The first-order valence-corrected chi connectivity index (χ1v) is 11.2. The van der Waals surface area contributed by atoms with Crippen molar-refractivity contribution in [1.82, 2.24) is 4.90 Å². The summed E-state index contributed by atoms with van der Waals surface area (Å²) in [7, 11) is 0. The van der Waals surface area contributed by atoms with Gasteiger partial charge in [0, 0.05) is 36.7 Å². The maximum Gasteiger partial charge on any atom is 0.311 e. The van der Waals surface area contributed by atoms with Crippen molar-refractivity contribution in [3.05, 3.63) is 29.8 Å². The second-order valence-electron chi connectivity index (χ2n) is 8.79. The highest BCUT2D eigenvalue weighted by Crippen LogP contribution is 2.35. The van der Waals surface area contributed by atoms with Gasteiger partial charge < -0.3 is 15.0 Å². The van der Waals surface area contributed by atoms with Crippen LogP contribution in [0.25, 0.3) is 0 Å². The Morgan fingerprint density at radius 1 is 1.13 bits per heavy atom. The van der Waals surface area contributed by atoms with Gasteiger partial charge in [0.15, 0.2) is 12.4 Å². The molecule has 0 unspecified atom stereocenters. The van der Waals surface area contributed by atoms with E-state index in [1.165, 1.54) is 6.42 Å². The van der Waals surface area contributed by atoms with Crippen LogP contribution in [0.2, 0.25) is 0 Å². The topological polar surface area (TPSA) is 92.8 Å². The van der Waals surface area contributed by atoms with Crippen LogP contribution in [-0.4, -0.2) is 47.7 Å². The molecule has 0 radical (unpaired) electrons. The molecule has 1 aliphatic heterocycles. The molecule has 1 saturated carbocycles. The maximum absolute atomic E-state index is 12.6. The molecule has 1 saturated heterocycles. The highest BCUT2D eigenvalue weighted by atomic mass is 16.5. The summed E-state index contributed by atoms with van der Waals surface area (Å²) < 4.78 is 5.25. The fourth-order valence-electron chi connectivity index (χ4n) is 4.53. The Morgan fingerprint density at radius 3 is 2.52 bits per heavy atom. The number of hydrogen-bond donors (Lipinski definition) is 1. The summed E-state index contributed by atoms with van der Waals surface area (Å²) in [6, 6.07) is 6.65. The molecule has 1 N–H and O–H groups in total. The molecule has 0 spiro atoms. The normalized spacial score (nSPS) is 25.9. The number of carbonyl (C=O) groups is 4. The van der Waals surface area contributed by atoms with Gasteiger partial charge in [-0.1, -0.05) is 33.6 Å². The number of hydrogen-bond acceptors (Lipinski definition) is 5. The van der Waals surface area contributed by atoms with E-state index in [9.17, 15) is 19.2 Å². The molecule has 1 aromatic carbocycles. The van der Waals surface area contributed by atoms with Crippen molar-refractivity contribution in [2.24, 2.45) is 17.8 Å². The molecular formula is C24H32N2O5. The standard InChI is InChI=1S/C24H32N2O5/c1-4-22(28)25-19-10-8-17(9-11-19)21(27)14-31-24(30)18-12-23(29)26(13-18)20-7-5-6-15(2)16(20)3/h8-11,15-16,18,20H,4-7,12-14H2,1-3H3,(H,25,28)/t15-,16-,18+,20+/m0/s1. The van der Waals surface area contributed by atoms with Gasteiger partial charge in [-0.15, -0.1) is 0 Å². The number of Topliss-reactive ketones (excluding diaryl/α,β-unsaturated/α-hetero) is 1. The summed E-state index contributed by atoms with van der Waals surface area (Å²) in [4.78, 5) is 50.7. The minimum absolute atomic E-state index is 0.00365. The van der Waals surface area contributed by atoms with Crippen LogP contribution in [0.1, 0.15) is 63.2 Å². The van der Waals surface area contributed by atoms with E-state index < -0.39 is 11.9 Å². The van der Waals surface area contributed by atoms with Gasteiger partial charge in [0.25, 0.3) is 0 Å². The zero-order valence-corrected chi connectivity index (χ0v) is 18.6. The minimum Gasteiger partial charge on any atom is -0.457 e. The molecule has 2 amide bonds. The molecule has 4 atom stereocenters. The molecule has 1 aromatic rings. The average molecular weight is 429 g/mol. The van der Waals surface area contributed by atoms with E-state index in [1.807, 2.05) is 4.90 Å². The zero-order chi connectivity index (χ0) is 22.5. The molecule has 1 aliphatic carbocycles. The molecule has 1 heterocycles. The Labute approximate surface area is 183 Å². The van der Waals surface area contributed by atoms with Crippen LogP contribution >= 0.6 is 0 Å². The van der Waals surface area contributed by atoms with E-state index in [4.69, 9.17) is 4.74 Å². The largest absolute Gasteiger partial charge is 0.457 e. The molecule has 3 rings (SSSR count).